The van der Waals surface area contributed by atoms with E-state index in [1.165, 1.54) is 41.6 Å². The summed E-state index contributed by atoms with van der Waals surface area (Å²) in [5.41, 5.74) is 4.31. The first kappa shape index (κ1) is 46.9. The minimum Gasteiger partial charge on any atom is -0.392 e. The first-order valence-corrected chi connectivity index (χ1v) is 26.3. The van der Waals surface area contributed by atoms with Crippen molar-refractivity contribution in [2.75, 3.05) is 41.7 Å². The Bertz CT molecular complexity index is 3270. The quantitative estimate of drug-likeness (QED) is 0.0894. The number of nitrogens with one attached hydrogen (secondary N) is 3. The van der Waals surface area contributed by atoms with Crippen LogP contribution in [0.5, 0.6) is 0 Å². The van der Waals surface area contributed by atoms with E-state index in [-0.39, 0.29) is 35.2 Å². The van der Waals surface area contributed by atoms with Crippen molar-refractivity contribution in [2.45, 2.75) is 100 Å². The Hall–Kier alpha value is -7.19. The highest BCUT2D eigenvalue weighted by atomic mass is 32.1. The van der Waals surface area contributed by atoms with E-state index < -0.39 is 11.7 Å². The maximum absolute atomic E-state index is 14.4. The second-order valence-corrected chi connectivity index (χ2v) is 20.9. The van der Waals surface area contributed by atoms with Crippen LogP contribution < -0.4 is 20.9 Å². The first-order chi connectivity index (χ1) is 35.7. The molecule has 6 fully saturated rings. The van der Waals surface area contributed by atoms with E-state index in [0.717, 1.165) is 104 Å². The number of aromatic nitrogens is 14. The zero-order valence-electron chi connectivity index (χ0n) is 39.4. The van der Waals surface area contributed by atoms with Gasteiger partial charge in [-0.25, -0.2) is 34.3 Å². The molecule has 8 aromatic rings. The highest BCUT2D eigenvalue weighted by Crippen LogP contribution is 2.42. The molecule has 6 aliphatic rings. The number of carbonyl (C=O) groups is 2. The summed E-state index contributed by atoms with van der Waals surface area (Å²) < 4.78 is 22.0. The molecule has 73 heavy (non-hydrogen) atoms. The Morgan fingerprint density at radius 1 is 0.644 bits per heavy atom. The summed E-state index contributed by atoms with van der Waals surface area (Å²) in [5.74, 6) is 1.92. The molecular formula is C48H51FN18O4S2. The highest BCUT2D eigenvalue weighted by molar-refractivity contribution is 7.13. The predicted molar refractivity (Wildman–Crippen MR) is 268 cm³/mol. The van der Waals surface area contributed by atoms with Crippen LogP contribution in [0, 0.1) is 5.82 Å². The van der Waals surface area contributed by atoms with Crippen molar-refractivity contribution in [1.82, 2.24) is 73.9 Å². The number of halogens is 1. The van der Waals surface area contributed by atoms with Crippen LogP contribution in [-0.4, -0.2) is 129 Å². The van der Waals surface area contributed by atoms with Crippen molar-refractivity contribution < 1.29 is 24.2 Å². The normalized spacial score (nSPS) is 19.3. The number of carbonyl (C=O) groups excluding carboxylic acids is 2. The van der Waals surface area contributed by atoms with E-state index in [1.54, 1.807) is 59.1 Å². The van der Waals surface area contributed by atoms with E-state index in [2.05, 4.69) is 71.1 Å². The van der Waals surface area contributed by atoms with Gasteiger partial charge in [-0.1, -0.05) is 0 Å². The summed E-state index contributed by atoms with van der Waals surface area (Å²) in [4.78, 5) is 54.4. The second kappa shape index (κ2) is 20.0. The Labute approximate surface area is 424 Å². The van der Waals surface area contributed by atoms with Crippen LogP contribution in [-0.2, 0) is 0 Å². The number of anilines is 3. The molecular weight excluding hydrogens is 976 g/mol. The third kappa shape index (κ3) is 10.7. The van der Waals surface area contributed by atoms with E-state index in [9.17, 15) is 19.1 Å². The lowest BCUT2D eigenvalue weighted by Crippen LogP contribution is -2.23. The number of thiazole rings is 2. The summed E-state index contributed by atoms with van der Waals surface area (Å²) in [6.45, 7) is 3.05. The lowest BCUT2D eigenvalue weighted by atomic mass is 10.2. The Kier molecular flexibility index (Phi) is 12.8. The molecule has 2 amide bonds. The molecule has 2 aliphatic heterocycles. The zero-order chi connectivity index (χ0) is 49.6. The molecule has 2 atom stereocenters. The molecule has 4 aliphatic carbocycles. The van der Waals surface area contributed by atoms with E-state index in [4.69, 9.17) is 5.11 Å². The number of aliphatic hydroxyl groups excluding tert-OH is 2. The Morgan fingerprint density at radius 3 is 1.67 bits per heavy atom. The smallest absolute Gasteiger partial charge is 0.275 e. The van der Waals surface area contributed by atoms with Crippen LogP contribution in [0.3, 0.4) is 0 Å². The Balaban J connectivity index is 0.000000135. The van der Waals surface area contributed by atoms with Crippen molar-refractivity contribution in [3.05, 3.63) is 102 Å². The van der Waals surface area contributed by atoms with Crippen molar-refractivity contribution in [2.24, 2.45) is 0 Å². The highest BCUT2D eigenvalue weighted by Gasteiger charge is 2.31. The molecule has 376 valence electrons. The van der Waals surface area contributed by atoms with Crippen LogP contribution in [0.1, 0.15) is 120 Å². The molecule has 14 rings (SSSR count). The number of hydrogen-bond acceptors (Lipinski definition) is 18. The van der Waals surface area contributed by atoms with Gasteiger partial charge in [0.2, 0.25) is 0 Å². The molecule has 2 unspecified atom stereocenters. The van der Waals surface area contributed by atoms with Crippen LogP contribution in [0.15, 0.2) is 73.0 Å². The fraction of sp³-hybridized carbons (Fsp3) is 0.417. The molecule has 4 saturated carbocycles. The molecule has 0 radical (unpaired) electrons. The number of hydrogen-bond donors (Lipinski definition) is 5. The van der Waals surface area contributed by atoms with Crippen LogP contribution in [0.25, 0.3) is 33.0 Å². The average Bonchev–Trinajstić information content (AvgIpc) is 4.37. The standard InChI is InChI=1S/C24H25N9O2S.C20H17FN8OS.C4H9NO/c34-16-5-6-31(9-16)20-8-25-17(7-19(20)32-10-18(26-12-32)14-1-2-14)23(35)28-21-11-36-24(29-21)22-30-27-13-33(22)15-3-4-15;21-13-6-22-14(5-16(13)28-7-15(23-9-28)11-1-2-11)19(30)25-17-8-31-20(26-17)18-27-24-10-29(18)12-3-4-12;6-4-1-2-5-3-4/h7-8,10-16,34H,1-6,9H2,(H,28,35);5-12H,1-4H2,(H,25,30);4-6H,1-3H2. The van der Waals surface area contributed by atoms with E-state index >= 15 is 0 Å². The van der Waals surface area contributed by atoms with Gasteiger partial charge in [-0.15, -0.1) is 43.1 Å². The van der Waals surface area contributed by atoms with Crippen molar-refractivity contribution in [1.29, 1.82) is 0 Å². The number of amides is 2. The van der Waals surface area contributed by atoms with Gasteiger partial charge in [0.15, 0.2) is 27.5 Å². The van der Waals surface area contributed by atoms with Crippen molar-refractivity contribution in [3.8, 4) is 33.0 Å². The third-order valence-corrected chi connectivity index (χ3v) is 15.0. The molecule has 0 aromatic carbocycles. The van der Waals surface area contributed by atoms with E-state index in [0.29, 0.717) is 59.4 Å². The van der Waals surface area contributed by atoms with Crippen molar-refractivity contribution >= 4 is 51.8 Å². The molecule has 8 aromatic heterocycles. The fourth-order valence-electron chi connectivity index (χ4n) is 8.74. The van der Waals surface area contributed by atoms with Gasteiger partial charge >= 0.3 is 0 Å². The summed E-state index contributed by atoms with van der Waals surface area (Å²) in [7, 11) is 0. The minimum absolute atomic E-state index is 0.0648. The lowest BCUT2D eigenvalue weighted by molar-refractivity contribution is 0.101. The van der Waals surface area contributed by atoms with Gasteiger partial charge in [0, 0.05) is 66.7 Å². The minimum atomic E-state index is -0.522. The summed E-state index contributed by atoms with van der Waals surface area (Å²) in [6.07, 6.45) is 23.6. The molecule has 5 N–H and O–H groups in total. The maximum atomic E-state index is 14.4. The topological polar surface area (TPSA) is 263 Å². The molecule has 10 heterocycles. The number of β-amino-alcohol motifs (C(OH)–C–C–N with tert-alkyl or cyclic N) is 2. The summed E-state index contributed by atoms with van der Waals surface area (Å²) in [6, 6.07) is 4.07. The predicted octanol–water partition coefficient (Wildman–Crippen LogP) is 5.94. The lowest BCUT2D eigenvalue weighted by Gasteiger charge is -2.21. The van der Waals surface area contributed by atoms with Crippen LogP contribution in [0.4, 0.5) is 21.7 Å². The number of aliphatic hydroxyl groups is 2. The molecule has 2 saturated heterocycles. The van der Waals surface area contributed by atoms with Crippen molar-refractivity contribution in [3.63, 3.8) is 0 Å². The van der Waals surface area contributed by atoms with Crippen LogP contribution in [0.2, 0.25) is 0 Å². The first-order valence-electron chi connectivity index (χ1n) is 24.6. The third-order valence-electron chi connectivity index (χ3n) is 13.4. The van der Waals surface area contributed by atoms with E-state index in [1.807, 2.05) is 19.9 Å². The van der Waals surface area contributed by atoms with Gasteiger partial charge in [-0.3, -0.25) is 9.59 Å². The van der Waals surface area contributed by atoms with Gasteiger partial charge < -0.3 is 49.3 Å². The van der Waals surface area contributed by atoms with Gasteiger partial charge in [0.25, 0.3) is 11.8 Å². The monoisotopic (exact) mass is 1030 g/mol. The molecule has 22 nitrogen and oxygen atoms in total. The fourth-order valence-corrected chi connectivity index (χ4v) is 10.2. The van der Waals surface area contributed by atoms with Crippen LogP contribution >= 0.6 is 22.7 Å². The molecule has 25 heteroatoms. The number of pyridine rings is 2. The second-order valence-electron chi connectivity index (χ2n) is 19.1. The zero-order valence-corrected chi connectivity index (χ0v) is 41.0. The maximum Gasteiger partial charge on any atom is 0.275 e. The summed E-state index contributed by atoms with van der Waals surface area (Å²) in [5, 5.41) is 48.7. The largest absolute Gasteiger partial charge is 0.392 e. The Morgan fingerprint density at radius 2 is 1.19 bits per heavy atom. The molecule has 0 bridgehead atoms. The number of rotatable bonds is 13. The van der Waals surface area contributed by atoms with Gasteiger partial charge in [0.1, 0.15) is 35.7 Å². The number of nitrogens with zero attached hydrogens (tertiary/aromatic N) is 15. The molecule has 0 spiro atoms. The van der Waals surface area contributed by atoms with Gasteiger partial charge in [-0.05, 0) is 82.9 Å². The average molecular weight is 1030 g/mol. The number of imidazole rings is 2. The summed E-state index contributed by atoms with van der Waals surface area (Å²) >= 11 is 2.80. The van der Waals surface area contributed by atoms with Gasteiger partial charge in [-0.2, -0.15) is 0 Å². The van der Waals surface area contributed by atoms with Gasteiger partial charge in [0.05, 0.1) is 65.7 Å². The SMILES string of the molecule is O=C(Nc1csc(-c2nncn2C2CC2)n1)c1cc(-n2cnc(C3CC3)c2)c(F)cn1.O=C(Nc1csc(-c2nncn2C2CC2)n1)c1cc(-n2cnc(C3CC3)c2)c(N2CCC(O)C2)cn1.OC1CCNC1.